The predicted octanol–water partition coefficient (Wildman–Crippen LogP) is 4.81. The van der Waals surface area contributed by atoms with E-state index in [0.717, 1.165) is 5.92 Å². The summed E-state index contributed by atoms with van der Waals surface area (Å²) in [6.07, 6.45) is 5.17. The third-order valence-corrected chi connectivity index (χ3v) is 2.93. The SMILES string of the molecule is C=C(CCCC(C)CC)C(C)(C)C. The number of allylic oxidation sites excluding steroid dienone is 1. The highest BCUT2D eigenvalue weighted by Crippen LogP contribution is 2.28. The van der Waals surface area contributed by atoms with Gasteiger partial charge in [0, 0.05) is 0 Å². The Hall–Kier alpha value is -0.260. The number of hydrogen-bond acceptors (Lipinski definition) is 0. The Bertz CT molecular complexity index is 148. The zero-order valence-electron chi connectivity index (χ0n) is 10.1. The van der Waals surface area contributed by atoms with Crippen molar-refractivity contribution in [3.05, 3.63) is 12.2 Å². The van der Waals surface area contributed by atoms with Crippen LogP contribution in [0.15, 0.2) is 12.2 Å². The van der Waals surface area contributed by atoms with E-state index < -0.39 is 0 Å². The van der Waals surface area contributed by atoms with Gasteiger partial charge in [-0.3, -0.25) is 0 Å². The molecule has 0 fully saturated rings. The summed E-state index contributed by atoms with van der Waals surface area (Å²) >= 11 is 0. The summed E-state index contributed by atoms with van der Waals surface area (Å²) in [5.74, 6) is 0.882. The first-order valence-corrected chi connectivity index (χ1v) is 5.56. The Morgan fingerprint density at radius 2 is 1.85 bits per heavy atom. The summed E-state index contributed by atoms with van der Waals surface area (Å²) in [6, 6.07) is 0. The molecule has 0 bridgehead atoms. The standard InChI is InChI=1S/C13H26/c1-7-11(2)9-8-10-12(3)13(4,5)6/h11H,3,7-10H2,1-2,4-6H3. The summed E-state index contributed by atoms with van der Waals surface area (Å²) in [4.78, 5) is 0. The summed E-state index contributed by atoms with van der Waals surface area (Å²) in [5.41, 5.74) is 1.70. The molecule has 0 amide bonds. The molecule has 0 aromatic rings. The van der Waals surface area contributed by atoms with Gasteiger partial charge < -0.3 is 0 Å². The fourth-order valence-electron chi connectivity index (χ4n) is 1.24. The molecule has 1 atom stereocenters. The van der Waals surface area contributed by atoms with Gasteiger partial charge in [0.15, 0.2) is 0 Å². The third-order valence-electron chi connectivity index (χ3n) is 2.93. The van der Waals surface area contributed by atoms with Crippen LogP contribution in [0.4, 0.5) is 0 Å². The van der Waals surface area contributed by atoms with Crippen molar-refractivity contribution in [3.63, 3.8) is 0 Å². The second-order valence-electron chi connectivity index (χ2n) is 5.26. The zero-order chi connectivity index (χ0) is 10.5. The fraction of sp³-hybridized carbons (Fsp3) is 0.846. The summed E-state index contributed by atoms with van der Waals surface area (Å²) in [7, 11) is 0. The molecule has 0 aliphatic carbocycles. The average molecular weight is 182 g/mol. The first-order chi connectivity index (χ1) is 5.88. The van der Waals surface area contributed by atoms with Gasteiger partial charge in [-0.2, -0.15) is 0 Å². The molecule has 0 saturated heterocycles. The second kappa shape index (κ2) is 5.47. The van der Waals surface area contributed by atoms with Crippen LogP contribution in [-0.4, -0.2) is 0 Å². The minimum Gasteiger partial charge on any atom is -0.0993 e. The second-order valence-corrected chi connectivity index (χ2v) is 5.26. The lowest BCUT2D eigenvalue weighted by Crippen LogP contribution is -2.08. The van der Waals surface area contributed by atoms with E-state index in [0.29, 0.717) is 5.41 Å². The van der Waals surface area contributed by atoms with E-state index >= 15 is 0 Å². The van der Waals surface area contributed by atoms with Crippen LogP contribution in [0.5, 0.6) is 0 Å². The predicted molar refractivity (Wildman–Crippen MR) is 61.9 cm³/mol. The molecule has 1 unspecified atom stereocenters. The molecule has 78 valence electrons. The van der Waals surface area contributed by atoms with Crippen LogP contribution >= 0.6 is 0 Å². The molecule has 13 heavy (non-hydrogen) atoms. The largest absolute Gasteiger partial charge is 0.0993 e. The fourth-order valence-corrected chi connectivity index (χ4v) is 1.24. The van der Waals surface area contributed by atoms with Gasteiger partial charge in [-0.05, 0) is 24.2 Å². The molecule has 0 N–H and O–H groups in total. The van der Waals surface area contributed by atoms with Gasteiger partial charge in [-0.25, -0.2) is 0 Å². The minimum absolute atomic E-state index is 0.301. The van der Waals surface area contributed by atoms with Crippen LogP contribution in [0.3, 0.4) is 0 Å². The lowest BCUT2D eigenvalue weighted by molar-refractivity contribution is 0.448. The maximum Gasteiger partial charge on any atom is -0.0176 e. The van der Waals surface area contributed by atoms with E-state index in [-0.39, 0.29) is 0 Å². The van der Waals surface area contributed by atoms with Crippen molar-refractivity contribution in [2.75, 3.05) is 0 Å². The summed E-state index contributed by atoms with van der Waals surface area (Å²) in [5, 5.41) is 0. The van der Waals surface area contributed by atoms with Gasteiger partial charge in [0.1, 0.15) is 0 Å². The van der Waals surface area contributed by atoms with E-state index in [1.54, 1.807) is 0 Å². The van der Waals surface area contributed by atoms with Gasteiger partial charge >= 0.3 is 0 Å². The Kier molecular flexibility index (Phi) is 5.36. The number of rotatable bonds is 5. The first kappa shape index (κ1) is 12.7. The Morgan fingerprint density at radius 1 is 1.31 bits per heavy atom. The lowest BCUT2D eigenvalue weighted by Gasteiger charge is -2.22. The summed E-state index contributed by atoms with van der Waals surface area (Å²) in [6.45, 7) is 15.5. The van der Waals surface area contributed by atoms with Gasteiger partial charge in [0.25, 0.3) is 0 Å². The molecule has 0 heteroatoms. The quantitative estimate of drug-likeness (QED) is 0.535. The molecule has 0 nitrogen and oxygen atoms in total. The van der Waals surface area contributed by atoms with Gasteiger partial charge in [-0.15, -0.1) is 0 Å². The van der Waals surface area contributed by atoms with Crippen LogP contribution in [0.2, 0.25) is 0 Å². The smallest absolute Gasteiger partial charge is 0.0176 e. The molecular formula is C13H26. The first-order valence-electron chi connectivity index (χ1n) is 5.56. The molecule has 0 saturated carbocycles. The minimum atomic E-state index is 0.301. The van der Waals surface area contributed by atoms with Crippen molar-refractivity contribution in [2.45, 2.75) is 60.3 Å². The third kappa shape index (κ3) is 5.90. The molecule has 0 radical (unpaired) electrons. The number of hydrogen-bond donors (Lipinski definition) is 0. The van der Waals surface area contributed by atoms with Crippen LogP contribution < -0.4 is 0 Å². The van der Waals surface area contributed by atoms with Gasteiger partial charge in [-0.1, -0.05) is 59.6 Å². The highest BCUT2D eigenvalue weighted by Gasteiger charge is 2.14. The molecule has 0 aromatic carbocycles. The highest BCUT2D eigenvalue weighted by molar-refractivity contribution is 5.04. The van der Waals surface area contributed by atoms with Crippen LogP contribution in [-0.2, 0) is 0 Å². The molecule has 0 aliphatic rings. The molecular weight excluding hydrogens is 156 g/mol. The van der Waals surface area contributed by atoms with Gasteiger partial charge in [0.05, 0.1) is 0 Å². The molecule has 0 heterocycles. The monoisotopic (exact) mass is 182 g/mol. The Labute approximate surface area is 84.4 Å². The zero-order valence-corrected chi connectivity index (χ0v) is 10.1. The van der Waals surface area contributed by atoms with Crippen molar-refractivity contribution in [1.82, 2.24) is 0 Å². The van der Waals surface area contributed by atoms with Crippen molar-refractivity contribution in [1.29, 1.82) is 0 Å². The van der Waals surface area contributed by atoms with Crippen molar-refractivity contribution in [2.24, 2.45) is 11.3 Å². The van der Waals surface area contributed by atoms with Crippen LogP contribution in [0.25, 0.3) is 0 Å². The van der Waals surface area contributed by atoms with Crippen LogP contribution in [0, 0.1) is 11.3 Å². The summed E-state index contributed by atoms with van der Waals surface area (Å²) < 4.78 is 0. The van der Waals surface area contributed by atoms with E-state index in [9.17, 15) is 0 Å². The van der Waals surface area contributed by atoms with Gasteiger partial charge in [0.2, 0.25) is 0 Å². The highest BCUT2D eigenvalue weighted by atomic mass is 14.2. The molecule has 0 spiro atoms. The van der Waals surface area contributed by atoms with Crippen molar-refractivity contribution >= 4 is 0 Å². The Balaban J connectivity index is 3.60. The molecule has 0 aromatic heterocycles. The topological polar surface area (TPSA) is 0 Å². The molecule has 0 rings (SSSR count). The molecule has 0 aliphatic heterocycles. The van der Waals surface area contributed by atoms with E-state index in [1.807, 2.05) is 0 Å². The Morgan fingerprint density at radius 3 is 2.23 bits per heavy atom. The average Bonchev–Trinajstić information content (AvgIpc) is 2.02. The van der Waals surface area contributed by atoms with E-state index in [1.165, 1.54) is 31.3 Å². The maximum absolute atomic E-state index is 4.15. The van der Waals surface area contributed by atoms with E-state index in [4.69, 9.17) is 0 Å². The van der Waals surface area contributed by atoms with Crippen LogP contribution in [0.1, 0.15) is 60.3 Å². The van der Waals surface area contributed by atoms with Crippen molar-refractivity contribution in [3.8, 4) is 0 Å². The lowest BCUT2D eigenvalue weighted by atomic mass is 9.84. The normalized spacial score (nSPS) is 14.2. The van der Waals surface area contributed by atoms with Crippen molar-refractivity contribution < 1.29 is 0 Å². The maximum atomic E-state index is 4.15. The van der Waals surface area contributed by atoms with E-state index in [2.05, 4.69) is 41.2 Å².